The molecule has 0 saturated carbocycles. The lowest BCUT2D eigenvalue weighted by Gasteiger charge is -1.89. The molecule has 0 atom stereocenters. The number of Topliss-reactive ketones (excluding diaryl/α,β-unsaturated/α-hetero) is 1. The first-order valence-electron chi connectivity index (χ1n) is 2.62. The van der Waals surface area contributed by atoms with Gasteiger partial charge in [-0.3, -0.25) is 4.79 Å². The molecule has 0 N–H and O–H groups in total. The molecule has 0 radical (unpaired) electrons. The van der Waals surface area contributed by atoms with Crippen LogP contribution in [0, 0.1) is 0 Å². The van der Waals surface area contributed by atoms with Crippen LogP contribution in [0.1, 0.15) is 6.42 Å². The van der Waals surface area contributed by atoms with E-state index in [4.69, 9.17) is 11.6 Å². The summed E-state index contributed by atoms with van der Waals surface area (Å²) in [6, 6.07) is 0. The van der Waals surface area contributed by atoms with Crippen LogP contribution in [-0.4, -0.2) is 23.1 Å². The number of halogens is 1. The van der Waals surface area contributed by atoms with E-state index in [0.717, 1.165) is 12.2 Å². The van der Waals surface area contributed by atoms with Gasteiger partial charge in [-0.25, -0.2) is 4.40 Å². The maximum atomic E-state index is 10.7. The molecule has 1 aliphatic rings. The van der Waals surface area contributed by atoms with Crippen molar-refractivity contribution in [3.05, 3.63) is 0 Å². The number of nitrogens with zero attached hydrogens (tertiary/aromatic N) is 1. The Bertz CT molecular complexity index is 157. The minimum absolute atomic E-state index is 0.0262. The topological polar surface area (TPSA) is 29.4 Å². The first kappa shape index (κ1) is 7.09. The van der Waals surface area contributed by atoms with Crippen LogP contribution >= 0.6 is 23.5 Å². The van der Waals surface area contributed by atoms with Crippen molar-refractivity contribution < 1.29 is 4.79 Å². The molecule has 2 nitrogen and oxygen atoms in total. The quantitative estimate of drug-likeness (QED) is 0.454. The second kappa shape index (κ2) is 3.22. The van der Waals surface area contributed by atoms with Crippen LogP contribution in [0.15, 0.2) is 4.40 Å². The zero-order chi connectivity index (χ0) is 6.69. The minimum Gasteiger partial charge on any atom is -0.291 e. The molecule has 1 rings (SSSR count). The van der Waals surface area contributed by atoms with Gasteiger partial charge in [0.2, 0.25) is 0 Å². The van der Waals surface area contributed by atoms with Crippen molar-refractivity contribution in [3.8, 4) is 0 Å². The number of alkyl halides is 1. The van der Waals surface area contributed by atoms with Crippen molar-refractivity contribution in [1.82, 2.24) is 0 Å². The summed E-state index contributed by atoms with van der Waals surface area (Å²) >= 11 is 6.73. The van der Waals surface area contributed by atoms with Gasteiger partial charge in [-0.2, -0.15) is 0 Å². The zero-order valence-electron chi connectivity index (χ0n) is 4.76. The predicted molar refractivity (Wildman–Crippen MR) is 40.2 cm³/mol. The van der Waals surface area contributed by atoms with E-state index >= 15 is 0 Å². The van der Waals surface area contributed by atoms with Crippen LogP contribution in [-0.2, 0) is 4.79 Å². The Labute approximate surface area is 62.8 Å². The molecule has 0 aromatic carbocycles. The number of hydrogen-bond acceptors (Lipinski definition) is 3. The van der Waals surface area contributed by atoms with Gasteiger partial charge in [0.05, 0.1) is 11.6 Å². The van der Waals surface area contributed by atoms with E-state index in [-0.39, 0.29) is 11.7 Å². The normalized spacial score (nSPS) is 17.7. The highest BCUT2D eigenvalue weighted by Crippen LogP contribution is 2.15. The Morgan fingerprint density at radius 3 is 3.11 bits per heavy atom. The molecule has 1 aliphatic heterocycles. The van der Waals surface area contributed by atoms with Crippen LogP contribution in [0.4, 0.5) is 0 Å². The van der Waals surface area contributed by atoms with E-state index in [2.05, 4.69) is 4.40 Å². The van der Waals surface area contributed by atoms with Crippen LogP contribution in [0.2, 0.25) is 0 Å². The average Bonchev–Trinajstić information content (AvgIpc) is 2.37. The maximum absolute atomic E-state index is 10.7. The molecule has 0 spiro atoms. The highest BCUT2D eigenvalue weighted by atomic mass is 35.5. The Morgan fingerprint density at radius 1 is 1.89 bits per heavy atom. The lowest BCUT2D eigenvalue weighted by Crippen LogP contribution is -2.12. The Kier molecular flexibility index (Phi) is 2.54. The first-order chi connectivity index (χ1) is 4.34. The summed E-state index contributed by atoms with van der Waals surface area (Å²) < 4.78 is 3.91. The van der Waals surface area contributed by atoms with Gasteiger partial charge >= 0.3 is 0 Å². The van der Waals surface area contributed by atoms with Crippen LogP contribution in [0.5, 0.6) is 0 Å². The van der Waals surface area contributed by atoms with Crippen molar-refractivity contribution in [3.63, 3.8) is 0 Å². The van der Waals surface area contributed by atoms with Crippen molar-refractivity contribution in [1.29, 1.82) is 0 Å². The Balaban J connectivity index is 2.51. The van der Waals surface area contributed by atoms with E-state index in [1.165, 1.54) is 11.9 Å². The lowest BCUT2D eigenvalue weighted by molar-refractivity contribution is -0.110. The molecule has 9 heavy (non-hydrogen) atoms. The van der Waals surface area contributed by atoms with Crippen LogP contribution < -0.4 is 0 Å². The zero-order valence-corrected chi connectivity index (χ0v) is 6.34. The summed E-state index contributed by atoms with van der Waals surface area (Å²) in [6.45, 7) is 0. The van der Waals surface area contributed by atoms with E-state index in [1.54, 1.807) is 0 Å². The molecule has 0 unspecified atom stereocenters. The lowest BCUT2D eigenvalue weighted by atomic mass is 10.2. The maximum Gasteiger partial charge on any atom is 0.192 e. The number of ketones is 1. The summed E-state index contributed by atoms with van der Waals surface area (Å²) in [5.41, 5.74) is 0.648. The van der Waals surface area contributed by atoms with Gasteiger partial charge in [0, 0.05) is 12.2 Å². The number of carbonyl (C=O) groups excluding carboxylic acids is 1. The molecular formula is C5H6ClNOS. The molecule has 1 heterocycles. The molecule has 0 bridgehead atoms. The van der Waals surface area contributed by atoms with E-state index in [1.807, 2.05) is 0 Å². The molecule has 0 amide bonds. The first-order valence-corrected chi connectivity index (χ1v) is 4.10. The third-order valence-corrected chi connectivity index (χ3v) is 2.03. The molecule has 4 heteroatoms. The number of rotatable bonds is 2. The number of hydrogen-bond donors (Lipinski definition) is 0. The second-order valence-electron chi connectivity index (χ2n) is 1.68. The largest absolute Gasteiger partial charge is 0.291 e. The Hall–Kier alpha value is -0.0200. The smallest absolute Gasteiger partial charge is 0.192 e. The average molecular weight is 164 g/mol. The van der Waals surface area contributed by atoms with Gasteiger partial charge < -0.3 is 0 Å². The molecule has 0 aromatic rings. The van der Waals surface area contributed by atoms with Crippen molar-refractivity contribution in [2.75, 3.05) is 11.6 Å². The van der Waals surface area contributed by atoms with Gasteiger partial charge in [0.25, 0.3) is 0 Å². The molecule has 0 aromatic heterocycles. The summed E-state index contributed by atoms with van der Waals surface area (Å²) in [6.07, 6.45) is 0.788. The molecular weight excluding hydrogens is 158 g/mol. The monoisotopic (exact) mass is 163 g/mol. The predicted octanol–water partition coefficient (Wildman–Crippen LogP) is 1.29. The van der Waals surface area contributed by atoms with Crippen molar-refractivity contribution in [2.45, 2.75) is 6.42 Å². The Morgan fingerprint density at radius 2 is 2.67 bits per heavy atom. The molecule has 0 fully saturated rings. The SMILES string of the molecule is O=C(CCl)C1=NSCC1. The fraction of sp³-hybridized carbons (Fsp3) is 0.600. The summed E-state index contributed by atoms with van der Waals surface area (Å²) in [7, 11) is 0. The highest BCUT2D eigenvalue weighted by Gasteiger charge is 2.13. The minimum atomic E-state index is -0.0262. The number of carbonyl (C=O) groups is 1. The van der Waals surface area contributed by atoms with Crippen molar-refractivity contribution in [2.24, 2.45) is 4.40 Å². The fourth-order valence-electron chi connectivity index (χ4n) is 0.579. The molecule has 50 valence electrons. The summed E-state index contributed by atoms with van der Waals surface area (Å²) in [4.78, 5) is 10.7. The fourth-order valence-corrected chi connectivity index (χ4v) is 1.46. The molecule has 0 aliphatic carbocycles. The third kappa shape index (κ3) is 1.69. The second-order valence-corrected chi connectivity index (χ2v) is 2.79. The van der Waals surface area contributed by atoms with Crippen LogP contribution in [0.25, 0.3) is 0 Å². The van der Waals surface area contributed by atoms with Crippen molar-refractivity contribution >= 4 is 35.0 Å². The van der Waals surface area contributed by atoms with Gasteiger partial charge in [-0.15, -0.1) is 11.6 Å². The van der Waals surface area contributed by atoms with Gasteiger partial charge in [0.1, 0.15) is 0 Å². The third-order valence-electron chi connectivity index (χ3n) is 1.05. The van der Waals surface area contributed by atoms with E-state index < -0.39 is 0 Å². The van der Waals surface area contributed by atoms with E-state index in [9.17, 15) is 4.79 Å². The highest BCUT2D eigenvalue weighted by molar-refractivity contribution is 7.98. The van der Waals surface area contributed by atoms with Crippen LogP contribution in [0.3, 0.4) is 0 Å². The standard InChI is InChI=1S/C5H6ClNOS/c6-3-5(8)4-1-2-9-7-4/h1-3H2. The van der Waals surface area contributed by atoms with E-state index in [0.29, 0.717) is 5.71 Å². The van der Waals surface area contributed by atoms with Gasteiger partial charge in [-0.1, -0.05) is 0 Å². The van der Waals surface area contributed by atoms with Gasteiger partial charge in [0.15, 0.2) is 5.78 Å². The van der Waals surface area contributed by atoms with Gasteiger partial charge in [-0.05, 0) is 11.9 Å². The molecule has 0 saturated heterocycles. The summed E-state index contributed by atoms with van der Waals surface area (Å²) in [5.74, 6) is 0.971. The summed E-state index contributed by atoms with van der Waals surface area (Å²) in [5, 5.41) is 0.